The quantitative estimate of drug-likeness (QED) is 0.417. The molecule has 8 nitrogen and oxygen atoms in total. The summed E-state index contributed by atoms with van der Waals surface area (Å²) in [4.78, 5) is 30.4. The van der Waals surface area contributed by atoms with Crippen molar-refractivity contribution in [3.8, 4) is 0 Å². The van der Waals surface area contributed by atoms with Gasteiger partial charge in [0.25, 0.3) is 11.8 Å². The van der Waals surface area contributed by atoms with Crippen LogP contribution in [-0.4, -0.2) is 74.0 Å². The van der Waals surface area contributed by atoms with Crippen LogP contribution < -0.4 is 10.6 Å². The minimum atomic E-state index is -0.166. The Balaban J connectivity index is 1.83. The third kappa shape index (κ3) is 5.45. The number of hydrogen-bond donors (Lipinski definition) is 2. The van der Waals surface area contributed by atoms with Gasteiger partial charge in [0.05, 0.1) is 11.1 Å². The monoisotopic (exact) mass is 470 g/mol. The molecule has 0 atom stereocenters. The minimum Gasteiger partial charge on any atom is -0.460 e. The van der Waals surface area contributed by atoms with Crippen molar-refractivity contribution >= 4 is 33.8 Å². The lowest BCUT2D eigenvalue weighted by Gasteiger charge is -2.17. The van der Waals surface area contributed by atoms with Crippen molar-refractivity contribution in [2.45, 2.75) is 41.5 Å². The number of benzene rings is 1. The maximum atomic E-state index is 12.9. The zero-order valence-electron chi connectivity index (χ0n) is 21.3. The predicted molar refractivity (Wildman–Crippen MR) is 136 cm³/mol. The molecule has 2 amide bonds. The fraction of sp³-hybridized carbons (Fsp3) is 0.538. The van der Waals surface area contributed by atoms with E-state index in [0.29, 0.717) is 57.7 Å². The first-order valence-electron chi connectivity index (χ1n) is 12.3. The first-order valence-corrected chi connectivity index (χ1v) is 12.3. The molecule has 0 spiro atoms. The van der Waals surface area contributed by atoms with Gasteiger partial charge in [-0.05, 0) is 52.2 Å². The second-order valence-corrected chi connectivity index (χ2v) is 8.48. The summed E-state index contributed by atoms with van der Waals surface area (Å²) in [5, 5.41) is 7.38. The third-order valence-electron chi connectivity index (χ3n) is 6.52. The van der Waals surface area contributed by atoms with Crippen LogP contribution in [0.4, 0.5) is 0 Å². The molecule has 2 N–H and O–H groups in total. The number of fused-ring (bicyclic) bond motifs is 2. The van der Waals surface area contributed by atoms with Crippen LogP contribution in [-0.2, 0) is 0 Å². The summed E-state index contributed by atoms with van der Waals surface area (Å²) >= 11 is 0. The minimum absolute atomic E-state index is 0.166. The van der Waals surface area contributed by atoms with Gasteiger partial charge >= 0.3 is 0 Å². The smallest absolute Gasteiger partial charge is 0.255 e. The van der Waals surface area contributed by atoms with Gasteiger partial charge in [-0.15, -0.1) is 0 Å². The Labute approximate surface area is 201 Å². The van der Waals surface area contributed by atoms with E-state index in [2.05, 4.69) is 48.1 Å². The van der Waals surface area contributed by atoms with Gasteiger partial charge in [0, 0.05) is 37.0 Å². The maximum Gasteiger partial charge on any atom is 0.255 e. The molecule has 3 aromatic rings. The van der Waals surface area contributed by atoms with Gasteiger partial charge in [-0.25, -0.2) is 0 Å². The summed E-state index contributed by atoms with van der Waals surface area (Å²) in [6.45, 7) is 18.5. The molecule has 0 aliphatic carbocycles. The second-order valence-electron chi connectivity index (χ2n) is 8.48. The molecule has 0 bridgehead atoms. The van der Waals surface area contributed by atoms with E-state index in [9.17, 15) is 9.59 Å². The van der Waals surface area contributed by atoms with Gasteiger partial charge in [0.1, 0.15) is 22.7 Å². The van der Waals surface area contributed by atoms with E-state index >= 15 is 0 Å². The van der Waals surface area contributed by atoms with Crippen molar-refractivity contribution in [3.63, 3.8) is 0 Å². The number of likely N-dealkylation sites (N-methyl/N-ethyl adjacent to an activating group) is 2. The maximum absolute atomic E-state index is 12.9. The lowest BCUT2D eigenvalue weighted by atomic mass is 10.1. The van der Waals surface area contributed by atoms with E-state index in [1.807, 2.05) is 0 Å². The summed E-state index contributed by atoms with van der Waals surface area (Å²) in [7, 11) is 0. The number of amides is 2. The standard InChI is InChI=1S/C26H38N4O4/c1-7-29(8-2)13-11-27-25(31)23-17(5)33-21-16-20-22(15-19(21)23)34-18(6)24(20)26(32)28-12-14-30(9-3)10-4/h15-16H,7-14H2,1-6H3,(H,27,31)(H,28,32). The van der Waals surface area contributed by atoms with Gasteiger partial charge < -0.3 is 29.3 Å². The van der Waals surface area contributed by atoms with Crippen LogP contribution in [0.3, 0.4) is 0 Å². The fourth-order valence-electron chi connectivity index (χ4n) is 4.41. The van der Waals surface area contributed by atoms with Crippen LogP contribution in [0.1, 0.15) is 59.9 Å². The lowest BCUT2D eigenvalue weighted by Crippen LogP contribution is -2.35. The highest BCUT2D eigenvalue weighted by atomic mass is 16.3. The first kappa shape index (κ1) is 25.8. The van der Waals surface area contributed by atoms with Crippen LogP contribution in [0.2, 0.25) is 0 Å². The SMILES string of the molecule is CCN(CC)CCNC(=O)c1c(C)oc2cc3c(C(=O)NCCN(CC)CC)c(C)oc3cc12. The average molecular weight is 471 g/mol. The molecule has 2 aromatic heterocycles. The van der Waals surface area contributed by atoms with Crippen LogP contribution in [0.25, 0.3) is 21.9 Å². The Morgan fingerprint density at radius 2 is 1.06 bits per heavy atom. The zero-order chi connectivity index (χ0) is 24.8. The van der Waals surface area contributed by atoms with E-state index < -0.39 is 0 Å². The van der Waals surface area contributed by atoms with E-state index in [1.165, 1.54) is 0 Å². The highest BCUT2D eigenvalue weighted by Gasteiger charge is 2.23. The summed E-state index contributed by atoms with van der Waals surface area (Å²) in [5.41, 5.74) is 2.15. The molecule has 0 unspecified atom stereocenters. The molecule has 0 aliphatic rings. The van der Waals surface area contributed by atoms with Crippen LogP contribution >= 0.6 is 0 Å². The molecule has 2 heterocycles. The van der Waals surface area contributed by atoms with Crippen molar-refractivity contribution in [3.05, 3.63) is 34.8 Å². The number of carbonyl (C=O) groups is 2. The number of furan rings is 2. The molecule has 0 saturated carbocycles. The van der Waals surface area contributed by atoms with Crippen molar-refractivity contribution < 1.29 is 18.4 Å². The molecule has 0 aliphatic heterocycles. The van der Waals surface area contributed by atoms with Crippen molar-refractivity contribution in [2.24, 2.45) is 0 Å². The number of rotatable bonds is 12. The van der Waals surface area contributed by atoms with E-state index in [4.69, 9.17) is 8.83 Å². The highest BCUT2D eigenvalue weighted by molar-refractivity contribution is 6.14. The normalized spacial score (nSPS) is 11.8. The Hall–Kier alpha value is -2.84. The summed E-state index contributed by atoms with van der Waals surface area (Å²) in [5.74, 6) is 0.760. The molecule has 1 aromatic carbocycles. The molecule has 34 heavy (non-hydrogen) atoms. The first-order chi connectivity index (χ1) is 16.3. The van der Waals surface area contributed by atoms with E-state index in [0.717, 1.165) is 39.3 Å². The number of nitrogens with one attached hydrogen (secondary N) is 2. The Morgan fingerprint density at radius 3 is 1.38 bits per heavy atom. The molecule has 0 saturated heterocycles. The average Bonchev–Trinajstić information content (AvgIpc) is 3.31. The van der Waals surface area contributed by atoms with E-state index in [-0.39, 0.29) is 11.8 Å². The molecule has 0 radical (unpaired) electrons. The Morgan fingerprint density at radius 1 is 0.706 bits per heavy atom. The number of aryl methyl sites for hydroxylation is 2. The van der Waals surface area contributed by atoms with Gasteiger partial charge in [-0.3, -0.25) is 9.59 Å². The topological polar surface area (TPSA) is 91.0 Å². The number of carbonyl (C=O) groups excluding carboxylic acids is 2. The van der Waals surface area contributed by atoms with Gasteiger partial charge in [0.15, 0.2) is 0 Å². The zero-order valence-corrected chi connectivity index (χ0v) is 21.3. The van der Waals surface area contributed by atoms with Gasteiger partial charge in [0.2, 0.25) is 0 Å². The highest BCUT2D eigenvalue weighted by Crippen LogP contribution is 2.34. The third-order valence-corrected chi connectivity index (χ3v) is 6.52. The summed E-state index contributed by atoms with van der Waals surface area (Å²) < 4.78 is 11.9. The molecular formula is C26H38N4O4. The van der Waals surface area contributed by atoms with Crippen LogP contribution in [0, 0.1) is 13.8 Å². The molecule has 186 valence electrons. The van der Waals surface area contributed by atoms with Crippen LogP contribution in [0.15, 0.2) is 21.0 Å². The van der Waals surface area contributed by atoms with Crippen molar-refractivity contribution in [1.82, 2.24) is 20.4 Å². The largest absolute Gasteiger partial charge is 0.460 e. The molecule has 8 heteroatoms. The molecule has 3 rings (SSSR count). The fourth-order valence-corrected chi connectivity index (χ4v) is 4.41. The summed E-state index contributed by atoms with van der Waals surface area (Å²) in [6.07, 6.45) is 0. The Bertz CT molecular complexity index is 1050. The van der Waals surface area contributed by atoms with Crippen molar-refractivity contribution in [2.75, 3.05) is 52.4 Å². The van der Waals surface area contributed by atoms with Gasteiger partial charge in [-0.1, -0.05) is 27.7 Å². The van der Waals surface area contributed by atoms with Crippen molar-refractivity contribution in [1.29, 1.82) is 0 Å². The molecular weight excluding hydrogens is 432 g/mol. The van der Waals surface area contributed by atoms with E-state index in [1.54, 1.807) is 26.0 Å². The van der Waals surface area contributed by atoms with Gasteiger partial charge in [-0.2, -0.15) is 0 Å². The lowest BCUT2D eigenvalue weighted by molar-refractivity contribution is 0.0940. The Kier molecular flexibility index (Phi) is 8.74. The second kappa shape index (κ2) is 11.5. The number of hydrogen-bond acceptors (Lipinski definition) is 6. The van der Waals surface area contributed by atoms with Crippen LogP contribution in [0.5, 0.6) is 0 Å². The molecule has 0 fully saturated rings. The number of nitrogens with zero attached hydrogens (tertiary/aromatic N) is 2. The predicted octanol–water partition coefficient (Wildman–Crippen LogP) is 3.94. The summed E-state index contributed by atoms with van der Waals surface area (Å²) in [6, 6.07) is 3.61.